The highest BCUT2D eigenvalue weighted by atomic mass is 32.2. The van der Waals surface area contributed by atoms with Gasteiger partial charge in [0.1, 0.15) is 11.5 Å². The van der Waals surface area contributed by atoms with E-state index in [-0.39, 0.29) is 35.6 Å². The zero-order valence-electron chi connectivity index (χ0n) is 17.0. The molecule has 3 rings (SSSR count). The lowest BCUT2D eigenvalue weighted by Crippen LogP contribution is -2.32. The van der Waals surface area contributed by atoms with E-state index < -0.39 is 10.0 Å². The second-order valence-electron chi connectivity index (χ2n) is 6.88. The fourth-order valence-electron chi connectivity index (χ4n) is 3.17. The van der Waals surface area contributed by atoms with Crippen LogP contribution in [0.5, 0.6) is 11.5 Å². The number of hydrogen-bond donors (Lipinski definition) is 2. The average molecular weight is 435 g/mol. The number of hydrogen-bond acceptors (Lipinski definition) is 6. The molecule has 9 heteroatoms. The first-order valence-corrected chi connectivity index (χ1v) is 11.1. The van der Waals surface area contributed by atoms with Crippen molar-refractivity contribution in [1.29, 1.82) is 0 Å². The highest BCUT2D eigenvalue weighted by Gasteiger charge is 2.21. The van der Waals surface area contributed by atoms with Crippen LogP contribution >= 0.6 is 0 Å². The fourth-order valence-corrected chi connectivity index (χ4v) is 4.28. The summed E-state index contributed by atoms with van der Waals surface area (Å²) < 4.78 is 43.6. The van der Waals surface area contributed by atoms with Crippen molar-refractivity contribution in [3.8, 4) is 11.5 Å². The van der Waals surface area contributed by atoms with Gasteiger partial charge in [-0.2, -0.15) is 0 Å². The molecule has 2 N–H and O–H groups in total. The quantitative estimate of drug-likeness (QED) is 0.627. The molecule has 30 heavy (non-hydrogen) atoms. The molecule has 1 fully saturated rings. The van der Waals surface area contributed by atoms with Crippen molar-refractivity contribution in [3.05, 3.63) is 53.6 Å². The predicted octanol–water partition coefficient (Wildman–Crippen LogP) is 2.09. The van der Waals surface area contributed by atoms with Gasteiger partial charge in [0.25, 0.3) is 5.91 Å². The first-order valence-electron chi connectivity index (χ1n) is 9.63. The lowest BCUT2D eigenvalue weighted by molar-refractivity contribution is 0.0950. The number of amides is 1. The summed E-state index contributed by atoms with van der Waals surface area (Å²) in [6.45, 7) is 1.09. The Balaban J connectivity index is 1.65. The first-order chi connectivity index (χ1) is 14.4. The second-order valence-corrected chi connectivity index (χ2v) is 8.64. The molecule has 162 valence electrons. The molecule has 0 aliphatic carbocycles. The third-order valence-electron chi connectivity index (χ3n) is 4.87. The van der Waals surface area contributed by atoms with E-state index in [0.717, 1.165) is 18.4 Å². The summed E-state index contributed by atoms with van der Waals surface area (Å²) in [5, 5.41) is 2.79. The van der Waals surface area contributed by atoms with Crippen LogP contribution in [0.1, 0.15) is 28.8 Å². The largest absolute Gasteiger partial charge is 0.497 e. The van der Waals surface area contributed by atoms with Crippen molar-refractivity contribution in [1.82, 2.24) is 10.0 Å². The molecule has 0 bridgehead atoms. The van der Waals surface area contributed by atoms with E-state index in [9.17, 15) is 13.2 Å². The Morgan fingerprint density at radius 3 is 2.70 bits per heavy atom. The van der Waals surface area contributed by atoms with Crippen molar-refractivity contribution in [2.24, 2.45) is 0 Å². The molecular formula is C21H26N2O6S. The number of carbonyl (C=O) groups excluding carboxylic acids is 1. The van der Waals surface area contributed by atoms with Gasteiger partial charge in [-0.1, -0.05) is 6.07 Å². The van der Waals surface area contributed by atoms with Crippen molar-refractivity contribution in [3.63, 3.8) is 0 Å². The molecule has 0 radical (unpaired) electrons. The van der Waals surface area contributed by atoms with Gasteiger partial charge in [0.2, 0.25) is 10.0 Å². The summed E-state index contributed by atoms with van der Waals surface area (Å²) in [5.41, 5.74) is 1.02. The molecule has 1 atom stereocenters. The van der Waals surface area contributed by atoms with Crippen LogP contribution in [0, 0.1) is 0 Å². The fraction of sp³-hybridized carbons (Fsp3) is 0.381. The molecule has 0 spiro atoms. The van der Waals surface area contributed by atoms with Crippen molar-refractivity contribution in [2.45, 2.75) is 30.4 Å². The monoisotopic (exact) mass is 434 g/mol. The van der Waals surface area contributed by atoms with Crippen LogP contribution in [0.3, 0.4) is 0 Å². The molecule has 1 amide bonds. The third-order valence-corrected chi connectivity index (χ3v) is 6.29. The smallest absolute Gasteiger partial charge is 0.251 e. The Morgan fingerprint density at radius 1 is 1.17 bits per heavy atom. The zero-order chi connectivity index (χ0) is 21.6. The van der Waals surface area contributed by atoms with Gasteiger partial charge < -0.3 is 19.5 Å². The van der Waals surface area contributed by atoms with Crippen molar-refractivity contribution < 1.29 is 27.4 Å². The molecule has 2 aromatic carbocycles. The van der Waals surface area contributed by atoms with E-state index in [4.69, 9.17) is 14.2 Å². The third kappa shape index (κ3) is 5.50. The number of rotatable bonds is 9. The number of sulfonamides is 1. The predicted molar refractivity (Wildman–Crippen MR) is 111 cm³/mol. The maximum Gasteiger partial charge on any atom is 0.251 e. The molecule has 1 aliphatic heterocycles. The van der Waals surface area contributed by atoms with Gasteiger partial charge in [0.15, 0.2) is 0 Å². The molecule has 0 aromatic heterocycles. The Kier molecular flexibility index (Phi) is 7.30. The van der Waals surface area contributed by atoms with Gasteiger partial charge in [-0.25, -0.2) is 13.1 Å². The molecule has 0 saturated carbocycles. The number of benzene rings is 2. The van der Waals surface area contributed by atoms with Gasteiger partial charge in [0, 0.05) is 36.9 Å². The van der Waals surface area contributed by atoms with Crippen LogP contribution < -0.4 is 19.5 Å². The summed E-state index contributed by atoms with van der Waals surface area (Å²) >= 11 is 0. The van der Waals surface area contributed by atoms with E-state index >= 15 is 0 Å². The molecule has 1 heterocycles. The average Bonchev–Trinajstić information content (AvgIpc) is 3.30. The van der Waals surface area contributed by atoms with Crippen LogP contribution in [0.25, 0.3) is 0 Å². The highest BCUT2D eigenvalue weighted by Crippen LogP contribution is 2.24. The van der Waals surface area contributed by atoms with E-state index in [1.165, 1.54) is 19.2 Å². The summed E-state index contributed by atoms with van der Waals surface area (Å²) in [6.07, 6.45) is 1.66. The Labute approximate surface area is 176 Å². The van der Waals surface area contributed by atoms with Crippen LogP contribution in [-0.2, 0) is 21.3 Å². The lowest BCUT2D eigenvalue weighted by Gasteiger charge is -2.13. The minimum Gasteiger partial charge on any atom is -0.497 e. The van der Waals surface area contributed by atoms with E-state index in [0.29, 0.717) is 18.1 Å². The standard InChI is InChI=1S/C21H26N2O6S/c1-27-17-9-8-16(20(12-17)28-2)13-22-21(24)15-5-3-7-19(11-15)30(25,26)23-14-18-6-4-10-29-18/h3,5,7-9,11-12,18,23H,4,6,10,13-14H2,1-2H3,(H,22,24). The first kappa shape index (κ1) is 22.1. The molecule has 1 aliphatic rings. The SMILES string of the molecule is COc1ccc(CNC(=O)c2cccc(S(=O)(=O)NCC3CCCO3)c2)c(OC)c1. The Hall–Kier alpha value is -2.62. The van der Waals surface area contributed by atoms with Crippen molar-refractivity contribution in [2.75, 3.05) is 27.4 Å². The molecular weight excluding hydrogens is 408 g/mol. The van der Waals surface area contributed by atoms with Crippen LogP contribution in [0.2, 0.25) is 0 Å². The van der Waals surface area contributed by atoms with Gasteiger partial charge in [-0.3, -0.25) is 4.79 Å². The van der Waals surface area contributed by atoms with E-state index in [1.54, 1.807) is 37.4 Å². The number of methoxy groups -OCH3 is 2. The normalized spacial score (nSPS) is 16.3. The zero-order valence-corrected chi connectivity index (χ0v) is 17.8. The second kappa shape index (κ2) is 9.92. The lowest BCUT2D eigenvalue weighted by atomic mass is 10.1. The number of ether oxygens (including phenoxy) is 3. The van der Waals surface area contributed by atoms with Crippen LogP contribution in [0.15, 0.2) is 47.4 Å². The molecule has 1 saturated heterocycles. The highest BCUT2D eigenvalue weighted by molar-refractivity contribution is 7.89. The van der Waals surface area contributed by atoms with Gasteiger partial charge in [-0.15, -0.1) is 0 Å². The number of carbonyl (C=O) groups is 1. The Morgan fingerprint density at radius 2 is 2.00 bits per heavy atom. The molecule has 2 aromatic rings. The minimum atomic E-state index is -3.73. The summed E-state index contributed by atoms with van der Waals surface area (Å²) in [7, 11) is -0.631. The maximum atomic E-state index is 12.6. The van der Waals surface area contributed by atoms with E-state index in [2.05, 4.69) is 10.0 Å². The summed E-state index contributed by atoms with van der Waals surface area (Å²) in [4.78, 5) is 12.6. The van der Waals surface area contributed by atoms with Gasteiger partial charge in [-0.05, 0) is 43.2 Å². The van der Waals surface area contributed by atoms with Crippen LogP contribution in [-0.4, -0.2) is 47.8 Å². The van der Waals surface area contributed by atoms with Gasteiger partial charge in [0.05, 0.1) is 25.2 Å². The summed E-state index contributed by atoms with van der Waals surface area (Å²) in [6, 6.07) is 11.2. The van der Waals surface area contributed by atoms with E-state index in [1.807, 2.05) is 0 Å². The van der Waals surface area contributed by atoms with Gasteiger partial charge >= 0.3 is 0 Å². The summed E-state index contributed by atoms with van der Waals surface area (Å²) in [5.74, 6) is 0.851. The Bertz CT molecular complexity index is 987. The molecule has 8 nitrogen and oxygen atoms in total. The minimum absolute atomic E-state index is 0.0372. The van der Waals surface area contributed by atoms with Crippen LogP contribution in [0.4, 0.5) is 0 Å². The maximum absolute atomic E-state index is 12.6. The molecule has 1 unspecified atom stereocenters. The topological polar surface area (TPSA) is 103 Å². The number of nitrogens with one attached hydrogen (secondary N) is 2. The van der Waals surface area contributed by atoms with Crippen molar-refractivity contribution >= 4 is 15.9 Å².